The molecule has 0 fully saturated rings. The maximum Gasteiger partial charge on any atom is 0.244 e. The Morgan fingerprint density at radius 1 is 1.53 bits per heavy atom. The van der Waals surface area contributed by atoms with Crippen LogP contribution in [-0.4, -0.2) is 12.5 Å². The fourth-order valence-electron chi connectivity index (χ4n) is 1.28. The molecule has 1 amide bonds. The van der Waals surface area contributed by atoms with Gasteiger partial charge in [-0.05, 0) is 24.6 Å². The topological polar surface area (TPSA) is 29.1 Å². The number of halogens is 2. The number of unbranched alkanes of at least 4 members (excludes halogenated alkanes) is 1. The highest BCUT2D eigenvalue weighted by molar-refractivity contribution is 6.32. The van der Waals surface area contributed by atoms with Gasteiger partial charge >= 0.3 is 0 Å². The van der Waals surface area contributed by atoms with Crippen LogP contribution in [0.2, 0.25) is 5.02 Å². The minimum absolute atomic E-state index is 0.236. The molecule has 92 valence electrons. The van der Waals surface area contributed by atoms with Gasteiger partial charge < -0.3 is 5.32 Å². The predicted octanol–water partition coefficient (Wildman–Crippen LogP) is 3.41. The Kier molecular flexibility index (Phi) is 5.70. The third-order valence-electron chi connectivity index (χ3n) is 2.23. The highest BCUT2D eigenvalue weighted by Gasteiger charge is 2.03. The molecule has 0 aliphatic rings. The number of rotatable bonds is 5. The molecule has 17 heavy (non-hydrogen) atoms. The molecule has 1 N–H and O–H groups in total. The summed E-state index contributed by atoms with van der Waals surface area (Å²) in [5.41, 5.74) is 0.236. The molecule has 2 nitrogen and oxygen atoms in total. The first kappa shape index (κ1) is 13.7. The van der Waals surface area contributed by atoms with Crippen LogP contribution in [0.1, 0.15) is 25.3 Å². The molecule has 0 aromatic heterocycles. The van der Waals surface area contributed by atoms with Crippen molar-refractivity contribution < 1.29 is 9.18 Å². The van der Waals surface area contributed by atoms with Gasteiger partial charge in [0.05, 0.1) is 5.02 Å². The first-order valence-electron chi connectivity index (χ1n) is 5.55. The quantitative estimate of drug-likeness (QED) is 0.634. The normalized spacial score (nSPS) is 10.8. The number of carbonyl (C=O) groups excluding carboxylic acids is 1. The SMILES string of the molecule is CCCCNC(=O)/C=C/c1c(F)cccc1Cl. The van der Waals surface area contributed by atoms with Crippen molar-refractivity contribution >= 4 is 23.6 Å². The number of carbonyl (C=O) groups is 1. The second-order valence-electron chi connectivity index (χ2n) is 3.61. The first-order valence-corrected chi connectivity index (χ1v) is 5.93. The zero-order valence-corrected chi connectivity index (χ0v) is 10.4. The van der Waals surface area contributed by atoms with Gasteiger partial charge in [-0.1, -0.05) is 31.0 Å². The summed E-state index contributed by atoms with van der Waals surface area (Å²) in [6.45, 7) is 2.67. The van der Waals surface area contributed by atoms with Gasteiger partial charge in [0, 0.05) is 18.2 Å². The first-order chi connectivity index (χ1) is 8.15. The van der Waals surface area contributed by atoms with Crippen LogP contribution in [0.4, 0.5) is 4.39 Å². The summed E-state index contributed by atoms with van der Waals surface area (Å²) in [4.78, 5) is 11.4. The smallest absolute Gasteiger partial charge is 0.244 e. The molecule has 4 heteroatoms. The van der Waals surface area contributed by atoms with Crippen LogP contribution in [0.5, 0.6) is 0 Å². The van der Waals surface area contributed by atoms with Gasteiger partial charge in [0.1, 0.15) is 5.82 Å². The third kappa shape index (κ3) is 4.57. The van der Waals surface area contributed by atoms with E-state index in [9.17, 15) is 9.18 Å². The lowest BCUT2D eigenvalue weighted by atomic mass is 10.2. The second-order valence-corrected chi connectivity index (χ2v) is 4.02. The van der Waals surface area contributed by atoms with E-state index in [0.717, 1.165) is 12.8 Å². The Balaban J connectivity index is 2.61. The van der Waals surface area contributed by atoms with Crippen molar-refractivity contribution in [2.24, 2.45) is 0 Å². The van der Waals surface area contributed by atoms with E-state index in [1.807, 2.05) is 6.92 Å². The van der Waals surface area contributed by atoms with Crippen molar-refractivity contribution in [2.45, 2.75) is 19.8 Å². The summed E-state index contributed by atoms with van der Waals surface area (Å²) in [6.07, 6.45) is 4.63. The van der Waals surface area contributed by atoms with Crippen LogP contribution in [0.25, 0.3) is 6.08 Å². The van der Waals surface area contributed by atoms with E-state index >= 15 is 0 Å². The van der Waals surface area contributed by atoms with Gasteiger partial charge in [-0.15, -0.1) is 0 Å². The lowest BCUT2D eigenvalue weighted by Gasteiger charge is -2.01. The molecule has 0 saturated carbocycles. The van der Waals surface area contributed by atoms with Gasteiger partial charge in [0.2, 0.25) is 5.91 Å². The van der Waals surface area contributed by atoms with Gasteiger partial charge in [-0.2, -0.15) is 0 Å². The van der Waals surface area contributed by atoms with Gasteiger partial charge in [-0.3, -0.25) is 4.79 Å². The number of benzene rings is 1. The second kappa shape index (κ2) is 7.07. The van der Waals surface area contributed by atoms with Crippen molar-refractivity contribution in [3.8, 4) is 0 Å². The van der Waals surface area contributed by atoms with Crippen molar-refractivity contribution in [3.05, 3.63) is 40.7 Å². The summed E-state index contributed by atoms with van der Waals surface area (Å²) in [5.74, 6) is -0.673. The Hall–Kier alpha value is -1.35. The summed E-state index contributed by atoms with van der Waals surface area (Å²) in [6, 6.07) is 4.41. The molecule has 1 aromatic carbocycles. The van der Waals surface area contributed by atoms with Crippen LogP contribution in [0, 0.1) is 5.82 Å². The van der Waals surface area contributed by atoms with Crippen LogP contribution in [0.3, 0.4) is 0 Å². The highest BCUT2D eigenvalue weighted by Crippen LogP contribution is 2.20. The molecule has 0 aliphatic heterocycles. The van der Waals surface area contributed by atoms with Gasteiger partial charge in [0.25, 0.3) is 0 Å². The highest BCUT2D eigenvalue weighted by atomic mass is 35.5. The van der Waals surface area contributed by atoms with E-state index in [-0.39, 0.29) is 11.5 Å². The number of nitrogens with one attached hydrogen (secondary N) is 1. The average molecular weight is 256 g/mol. The van der Waals surface area contributed by atoms with Crippen molar-refractivity contribution in [1.82, 2.24) is 5.32 Å². The average Bonchev–Trinajstić information content (AvgIpc) is 2.29. The fraction of sp³-hybridized carbons (Fsp3) is 0.308. The largest absolute Gasteiger partial charge is 0.353 e. The predicted molar refractivity (Wildman–Crippen MR) is 68.4 cm³/mol. The molecule has 0 unspecified atom stereocenters. The van der Waals surface area contributed by atoms with E-state index in [0.29, 0.717) is 11.6 Å². The maximum atomic E-state index is 13.3. The lowest BCUT2D eigenvalue weighted by Crippen LogP contribution is -2.21. The summed E-state index contributed by atoms with van der Waals surface area (Å²) in [7, 11) is 0. The van der Waals surface area contributed by atoms with E-state index in [1.165, 1.54) is 24.3 Å². The molecule has 0 spiro atoms. The third-order valence-corrected chi connectivity index (χ3v) is 2.56. The number of hydrogen-bond acceptors (Lipinski definition) is 1. The summed E-state index contributed by atoms with van der Waals surface area (Å²) >= 11 is 5.82. The molecule has 0 aliphatic carbocycles. The van der Waals surface area contributed by atoms with Crippen molar-refractivity contribution in [3.63, 3.8) is 0 Å². The Morgan fingerprint density at radius 3 is 2.94 bits per heavy atom. The van der Waals surface area contributed by atoms with E-state index < -0.39 is 5.82 Å². The van der Waals surface area contributed by atoms with Crippen LogP contribution < -0.4 is 5.32 Å². The van der Waals surface area contributed by atoms with Crippen molar-refractivity contribution in [1.29, 1.82) is 0 Å². The van der Waals surface area contributed by atoms with Crippen LogP contribution in [0.15, 0.2) is 24.3 Å². The van der Waals surface area contributed by atoms with Crippen molar-refractivity contribution in [2.75, 3.05) is 6.54 Å². The molecule has 0 atom stereocenters. The minimum atomic E-state index is -0.435. The summed E-state index contributed by atoms with van der Waals surface area (Å²) in [5, 5.41) is 3.00. The maximum absolute atomic E-state index is 13.3. The molecule has 0 saturated heterocycles. The zero-order valence-electron chi connectivity index (χ0n) is 9.67. The Labute approximate surface area is 105 Å². The van der Waals surface area contributed by atoms with Crippen LogP contribution >= 0.6 is 11.6 Å². The van der Waals surface area contributed by atoms with Crippen LogP contribution in [-0.2, 0) is 4.79 Å². The molecular weight excluding hydrogens is 241 g/mol. The van der Waals surface area contributed by atoms with E-state index in [2.05, 4.69) is 5.32 Å². The number of amides is 1. The zero-order chi connectivity index (χ0) is 12.7. The monoisotopic (exact) mass is 255 g/mol. The Morgan fingerprint density at radius 2 is 2.29 bits per heavy atom. The fourth-order valence-corrected chi connectivity index (χ4v) is 1.50. The van der Waals surface area contributed by atoms with Gasteiger partial charge in [-0.25, -0.2) is 4.39 Å². The Bertz CT molecular complexity index is 398. The lowest BCUT2D eigenvalue weighted by molar-refractivity contribution is -0.116. The summed E-state index contributed by atoms with van der Waals surface area (Å²) < 4.78 is 13.3. The van der Waals surface area contributed by atoms with E-state index in [1.54, 1.807) is 6.07 Å². The van der Waals surface area contributed by atoms with Gasteiger partial charge in [0.15, 0.2) is 0 Å². The molecule has 0 heterocycles. The number of hydrogen-bond donors (Lipinski definition) is 1. The molecular formula is C13H15ClFNO. The molecule has 1 rings (SSSR count). The molecule has 1 aromatic rings. The standard InChI is InChI=1S/C13H15ClFNO/c1-2-3-9-16-13(17)8-7-10-11(14)5-4-6-12(10)15/h4-8H,2-3,9H2,1H3,(H,16,17)/b8-7+. The van der Waals surface area contributed by atoms with E-state index in [4.69, 9.17) is 11.6 Å². The molecule has 0 radical (unpaired) electrons. The molecule has 0 bridgehead atoms. The minimum Gasteiger partial charge on any atom is -0.353 e.